The van der Waals surface area contributed by atoms with Gasteiger partial charge in [-0.2, -0.15) is 0 Å². The van der Waals surface area contributed by atoms with Crippen molar-refractivity contribution in [3.8, 4) is 0 Å². The minimum atomic E-state index is -0.192. The zero-order chi connectivity index (χ0) is 19.7. The Labute approximate surface area is 169 Å². The van der Waals surface area contributed by atoms with Gasteiger partial charge in [0.15, 0.2) is 0 Å². The lowest BCUT2D eigenvalue weighted by molar-refractivity contribution is 0.102. The minimum Gasteiger partial charge on any atom is -0.315 e. The van der Waals surface area contributed by atoms with E-state index in [1.54, 1.807) is 12.1 Å². The van der Waals surface area contributed by atoms with Gasteiger partial charge in [-0.25, -0.2) is 4.98 Å². The summed E-state index contributed by atoms with van der Waals surface area (Å²) < 4.78 is 2.09. The normalized spacial score (nSPS) is 17.5. The average Bonchev–Trinajstić information content (AvgIpc) is 2.82. The number of hydrogen-bond donors (Lipinski definition) is 2. The Bertz CT molecular complexity index is 1000. The summed E-state index contributed by atoms with van der Waals surface area (Å²) in [6, 6.07) is 9.44. The van der Waals surface area contributed by atoms with Gasteiger partial charge in [0.1, 0.15) is 0 Å². The molecule has 2 aromatic heterocycles. The smallest absolute Gasteiger partial charge is 0.258 e. The van der Waals surface area contributed by atoms with Crippen molar-refractivity contribution in [2.45, 2.75) is 39.2 Å². The number of anilines is 1. The number of aromatic nitrogens is 3. The summed E-state index contributed by atoms with van der Waals surface area (Å²) in [5, 5.41) is 7.14. The van der Waals surface area contributed by atoms with Crippen molar-refractivity contribution in [2.75, 3.05) is 18.4 Å². The molecule has 28 heavy (non-hydrogen) atoms. The first-order valence-electron chi connectivity index (χ1n) is 9.67. The number of nitrogens with zero attached hydrogens (tertiary/aromatic N) is 3. The molecule has 1 aliphatic heterocycles. The van der Waals surface area contributed by atoms with Crippen molar-refractivity contribution in [1.82, 2.24) is 19.9 Å². The molecule has 0 bridgehead atoms. The Balaban J connectivity index is 1.76. The fourth-order valence-corrected chi connectivity index (χ4v) is 4.17. The molecule has 1 aromatic carbocycles. The highest BCUT2D eigenvalue weighted by Gasteiger charge is 2.23. The van der Waals surface area contributed by atoms with E-state index < -0.39 is 0 Å². The molecule has 0 spiro atoms. The molecule has 3 aromatic rings. The van der Waals surface area contributed by atoms with Gasteiger partial charge >= 0.3 is 0 Å². The summed E-state index contributed by atoms with van der Waals surface area (Å²) in [4.78, 5) is 22.0. The van der Waals surface area contributed by atoms with E-state index in [1.165, 1.54) is 0 Å². The molecule has 0 saturated carbocycles. The van der Waals surface area contributed by atoms with Crippen LogP contribution in [-0.4, -0.2) is 33.5 Å². The van der Waals surface area contributed by atoms with Crippen LogP contribution < -0.4 is 10.6 Å². The number of nitrogens with one attached hydrogen (secondary N) is 2. The number of halogens is 1. The predicted molar refractivity (Wildman–Crippen MR) is 112 cm³/mol. The number of rotatable bonds is 3. The van der Waals surface area contributed by atoms with E-state index in [0.29, 0.717) is 16.5 Å². The highest BCUT2D eigenvalue weighted by Crippen LogP contribution is 2.32. The van der Waals surface area contributed by atoms with Crippen LogP contribution in [0.5, 0.6) is 0 Å². The van der Waals surface area contributed by atoms with Gasteiger partial charge in [-0.3, -0.25) is 15.1 Å². The van der Waals surface area contributed by atoms with E-state index in [2.05, 4.69) is 20.2 Å². The van der Waals surface area contributed by atoms with Crippen LogP contribution in [0.3, 0.4) is 0 Å². The molecule has 1 saturated heterocycles. The molecule has 3 heterocycles. The monoisotopic (exact) mass is 397 g/mol. The van der Waals surface area contributed by atoms with Crippen LogP contribution in [0.15, 0.2) is 30.3 Å². The number of para-hydroxylation sites is 1. The molecule has 6 nitrogen and oxygen atoms in total. The molecule has 146 valence electrons. The number of benzene rings is 1. The van der Waals surface area contributed by atoms with Crippen molar-refractivity contribution in [3.63, 3.8) is 0 Å². The summed E-state index contributed by atoms with van der Waals surface area (Å²) >= 11 is 6.53. The van der Waals surface area contributed by atoms with Crippen LogP contribution in [0.4, 0.5) is 5.95 Å². The van der Waals surface area contributed by atoms with Crippen molar-refractivity contribution in [2.24, 2.45) is 0 Å². The molecule has 0 radical (unpaired) electrons. The molecule has 2 N–H and O–H groups in total. The lowest BCUT2D eigenvalue weighted by Gasteiger charge is -2.20. The van der Waals surface area contributed by atoms with Gasteiger partial charge in [0, 0.05) is 29.5 Å². The number of hydrogen-bond acceptors (Lipinski definition) is 4. The zero-order valence-corrected chi connectivity index (χ0v) is 16.9. The Morgan fingerprint density at radius 2 is 2.00 bits per heavy atom. The summed E-state index contributed by atoms with van der Waals surface area (Å²) in [6.07, 6.45) is 3.28. The van der Waals surface area contributed by atoms with Crippen molar-refractivity contribution < 1.29 is 4.79 Å². The van der Waals surface area contributed by atoms with Crippen LogP contribution in [0.1, 0.15) is 47.1 Å². The summed E-state index contributed by atoms with van der Waals surface area (Å²) in [7, 11) is 0. The predicted octanol–water partition coefficient (Wildman–Crippen LogP) is 4.27. The number of fused-ring (bicyclic) bond motifs is 1. The van der Waals surface area contributed by atoms with Gasteiger partial charge in [-0.1, -0.05) is 24.1 Å². The third-order valence-electron chi connectivity index (χ3n) is 5.12. The molecule has 4 rings (SSSR count). The summed E-state index contributed by atoms with van der Waals surface area (Å²) in [6.45, 7) is 5.60. The third-order valence-corrected chi connectivity index (χ3v) is 5.42. The number of aryl methyl sites for hydroxylation is 2. The lowest BCUT2D eigenvalue weighted by Crippen LogP contribution is -2.25. The van der Waals surface area contributed by atoms with Gasteiger partial charge in [-0.15, -0.1) is 0 Å². The van der Waals surface area contributed by atoms with Crippen LogP contribution >= 0.6 is 11.6 Å². The van der Waals surface area contributed by atoms with Gasteiger partial charge in [0.05, 0.1) is 16.1 Å². The Kier molecular flexibility index (Phi) is 5.33. The third kappa shape index (κ3) is 3.75. The van der Waals surface area contributed by atoms with E-state index in [4.69, 9.17) is 16.6 Å². The topological polar surface area (TPSA) is 71.8 Å². The van der Waals surface area contributed by atoms with Gasteiger partial charge in [-0.05, 0) is 57.5 Å². The molecule has 1 aliphatic rings. The first kappa shape index (κ1) is 18.9. The standard InChI is InChI=1S/C21H24ClN5O/c1-13-10-15(11-14(2)24-13)20(28)26-21-25-18-8-5-7-17(22)19(18)27(21)16-6-3-4-9-23-12-16/h5,7-8,10-11,16,23H,3-4,6,9,12H2,1-2H3,(H,25,26,28)/t16-/m1/s1. The summed E-state index contributed by atoms with van der Waals surface area (Å²) in [5.74, 6) is 0.344. The molecular formula is C21H24ClN5O. The van der Waals surface area contributed by atoms with Gasteiger partial charge in [0.25, 0.3) is 5.91 Å². The molecule has 1 fully saturated rings. The van der Waals surface area contributed by atoms with Crippen LogP contribution in [0.2, 0.25) is 5.02 Å². The molecule has 0 unspecified atom stereocenters. The fourth-order valence-electron chi connectivity index (χ4n) is 3.91. The SMILES string of the molecule is Cc1cc(C(=O)Nc2nc3cccc(Cl)c3n2[C@@H]2CCCCNC2)cc(C)n1. The molecule has 1 atom stereocenters. The van der Waals surface area contributed by atoms with E-state index in [9.17, 15) is 4.79 Å². The Morgan fingerprint density at radius 1 is 1.21 bits per heavy atom. The molecule has 1 amide bonds. The first-order chi connectivity index (χ1) is 13.5. The molecular weight excluding hydrogens is 374 g/mol. The fraction of sp³-hybridized carbons (Fsp3) is 0.381. The van der Waals surface area contributed by atoms with E-state index in [1.807, 2.05) is 32.0 Å². The maximum absolute atomic E-state index is 12.9. The van der Waals surface area contributed by atoms with Crippen molar-refractivity contribution >= 4 is 34.5 Å². The Morgan fingerprint density at radius 3 is 2.79 bits per heavy atom. The number of carbonyl (C=O) groups excluding carboxylic acids is 1. The number of carbonyl (C=O) groups is 1. The maximum Gasteiger partial charge on any atom is 0.258 e. The summed E-state index contributed by atoms with van der Waals surface area (Å²) in [5.41, 5.74) is 3.86. The van der Waals surface area contributed by atoms with E-state index >= 15 is 0 Å². The molecule has 7 heteroatoms. The van der Waals surface area contributed by atoms with E-state index in [-0.39, 0.29) is 11.9 Å². The van der Waals surface area contributed by atoms with Crippen LogP contribution in [-0.2, 0) is 0 Å². The highest BCUT2D eigenvalue weighted by atomic mass is 35.5. The quantitative estimate of drug-likeness (QED) is 0.692. The van der Waals surface area contributed by atoms with Crippen molar-refractivity contribution in [1.29, 1.82) is 0 Å². The van der Waals surface area contributed by atoms with Crippen LogP contribution in [0, 0.1) is 13.8 Å². The van der Waals surface area contributed by atoms with E-state index in [0.717, 1.165) is 54.8 Å². The zero-order valence-electron chi connectivity index (χ0n) is 16.1. The second kappa shape index (κ2) is 7.89. The lowest BCUT2D eigenvalue weighted by atomic mass is 10.1. The second-order valence-corrected chi connectivity index (χ2v) is 7.77. The minimum absolute atomic E-state index is 0.184. The number of imidazole rings is 1. The van der Waals surface area contributed by atoms with Crippen LogP contribution in [0.25, 0.3) is 11.0 Å². The molecule has 0 aliphatic carbocycles. The maximum atomic E-state index is 12.9. The van der Waals surface area contributed by atoms with Gasteiger partial charge in [0.2, 0.25) is 5.95 Å². The largest absolute Gasteiger partial charge is 0.315 e. The van der Waals surface area contributed by atoms with Gasteiger partial charge < -0.3 is 9.88 Å². The van der Waals surface area contributed by atoms with Crippen molar-refractivity contribution in [3.05, 3.63) is 52.3 Å². The number of pyridine rings is 1. The average molecular weight is 398 g/mol. The first-order valence-corrected chi connectivity index (χ1v) is 10.0. The second-order valence-electron chi connectivity index (χ2n) is 7.36. The Hall–Kier alpha value is -2.44. The number of amides is 1. The highest BCUT2D eigenvalue weighted by molar-refractivity contribution is 6.35.